The van der Waals surface area contributed by atoms with E-state index in [9.17, 15) is 9.90 Å². The van der Waals surface area contributed by atoms with Crippen LogP contribution in [0.25, 0.3) is 0 Å². The Morgan fingerprint density at radius 3 is 2.58 bits per heavy atom. The SMILES string of the molecule is Cc1cc(OCCCC2CCNCC2)cc(C)c1C(=O)NC[C@H](O)CO. The first-order valence-corrected chi connectivity index (χ1v) is 9.53. The molecule has 1 heterocycles. The molecule has 0 saturated carbocycles. The molecule has 26 heavy (non-hydrogen) atoms. The van der Waals surface area contributed by atoms with Crippen molar-refractivity contribution in [1.29, 1.82) is 0 Å². The molecule has 0 unspecified atom stereocenters. The molecule has 0 aromatic heterocycles. The van der Waals surface area contributed by atoms with Gasteiger partial charge in [0.1, 0.15) is 5.75 Å². The van der Waals surface area contributed by atoms with Crippen molar-refractivity contribution in [2.45, 2.75) is 45.6 Å². The van der Waals surface area contributed by atoms with Crippen molar-refractivity contribution in [2.24, 2.45) is 5.92 Å². The molecule has 2 rings (SSSR count). The van der Waals surface area contributed by atoms with Crippen LogP contribution in [0.2, 0.25) is 0 Å². The fourth-order valence-electron chi connectivity index (χ4n) is 3.46. The van der Waals surface area contributed by atoms with Crippen LogP contribution >= 0.6 is 0 Å². The molecule has 1 aromatic carbocycles. The molecule has 0 aliphatic carbocycles. The molecule has 1 fully saturated rings. The number of amides is 1. The number of rotatable bonds is 9. The Morgan fingerprint density at radius 2 is 1.96 bits per heavy atom. The van der Waals surface area contributed by atoms with E-state index in [0.29, 0.717) is 12.2 Å². The van der Waals surface area contributed by atoms with Gasteiger partial charge >= 0.3 is 0 Å². The second kappa shape index (κ2) is 10.5. The van der Waals surface area contributed by atoms with Crippen molar-refractivity contribution in [1.82, 2.24) is 10.6 Å². The quantitative estimate of drug-likeness (QED) is 0.499. The van der Waals surface area contributed by atoms with Crippen molar-refractivity contribution in [3.63, 3.8) is 0 Å². The summed E-state index contributed by atoms with van der Waals surface area (Å²) < 4.78 is 5.89. The third-order valence-electron chi connectivity index (χ3n) is 4.93. The lowest BCUT2D eigenvalue weighted by atomic mass is 9.93. The topological polar surface area (TPSA) is 90.8 Å². The summed E-state index contributed by atoms with van der Waals surface area (Å²) in [7, 11) is 0. The van der Waals surface area contributed by atoms with Gasteiger partial charge in [-0.15, -0.1) is 0 Å². The molecule has 1 amide bonds. The van der Waals surface area contributed by atoms with E-state index in [0.717, 1.165) is 42.3 Å². The van der Waals surface area contributed by atoms with Crippen LogP contribution in [0.3, 0.4) is 0 Å². The number of aryl methyl sites for hydroxylation is 2. The second-order valence-electron chi connectivity index (χ2n) is 7.16. The number of hydrogen-bond acceptors (Lipinski definition) is 5. The molecule has 1 saturated heterocycles. The Bertz CT molecular complexity index is 562. The molecule has 146 valence electrons. The highest BCUT2D eigenvalue weighted by molar-refractivity contribution is 5.97. The lowest BCUT2D eigenvalue weighted by Gasteiger charge is -2.22. The molecule has 0 bridgehead atoms. The Labute approximate surface area is 155 Å². The summed E-state index contributed by atoms with van der Waals surface area (Å²) in [5.41, 5.74) is 2.28. The Kier molecular flexibility index (Phi) is 8.35. The first-order valence-electron chi connectivity index (χ1n) is 9.53. The standard InChI is InChI=1S/C20H32N2O4/c1-14-10-18(26-9-3-4-16-5-7-21-8-6-16)11-15(2)19(14)20(25)22-12-17(24)13-23/h10-11,16-17,21,23-24H,3-9,12-13H2,1-2H3,(H,22,25)/t17-/m0/s1. The summed E-state index contributed by atoms with van der Waals surface area (Å²) in [4.78, 5) is 12.3. The summed E-state index contributed by atoms with van der Waals surface area (Å²) in [6.07, 6.45) is 3.82. The van der Waals surface area contributed by atoms with Gasteiger partial charge in [0.05, 0.1) is 19.3 Å². The summed E-state index contributed by atoms with van der Waals surface area (Å²) in [6.45, 7) is 6.37. The smallest absolute Gasteiger partial charge is 0.251 e. The highest BCUT2D eigenvalue weighted by atomic mass is 16.5. The molecule has 1 atom stereocenters. The zero-order chi connectivity index (χ0) is 18.9. The van der Waals surface area contributed by atoms with Gasteiger partial charge in [-0.3, -0.25) is 4.79 Å². The fourth-order valence-corrected chi connectivity index (χ4v) is 3.46. The zero-order valence-electron chi connectivity index (χ0n) is 15.9. The number of carbonyl (C=O) groups is 1. The number of aliphatic hydroxyl groups excluding tert-OH is 2. The lowest BCUT2D eigenvalue weighted by Crippen LogP contribution is -2.34. The minimum atomic E-state index is -0.942. The number of hydrogen-bond donors (Lipinski definition) is 4. The van der Waals surface area contributed by atoms with E-state index >= 15 is 0 Å². The molecule has 1 aliphatic rings. The van der Waals surface area contributed by atoms with Crippen molar-refractivity contribution >= 4 is 5.91 Å². The number of nitrogens with one attached hydrogen (secondary N) is 2. The Balaban J connectivity index is 1.84. The third-order valence-corrected chi connectivity index (χ3v) is 4.93. The Morgan fingerprint density at radius 1 is 1.31 bits per heavy atom. The molecule has 0 radical (unpaired) electrons. The van der Waals surface area contributed by atoms with Gasteiger partial charge in [0, 0.05) is 12.1 Å². The van der Waals surface area contributed by atoms with E-state index < -0.39 is 6.10 Å². The van der Waals surface area contributed by atoms with Gasteiger partial charge in [0.15, 0.2) is 0 Å². The van der Waals surface area contributed by atoms with E-state index in [1.807, 2.05) is 26.0 Å². The average Bonchev–Trinajstić information content (AvgIpc) is 2.63. The molecule has 6 heteroatoms. The maximum absolute atomic E-state index is 12.3. The lowest BCUT2D eigenvalue weighted by molar-refractivity contribution is 0.0801. The van der Waals surface area contributed by atoms with Crippen LogP contribution in [0.5, 0.6) is 5.75 Å². The third kappa shape index (κ3) is 6.27. The number of benzene rings is 1. The number of piperidine rings is 1. The van der Waals surface area contributed by atoms with Gasteiger partial charge in [0.25, 0.3) is 5.91 Å². The van der Waals surface area contributed by atoms with Gasteiger partial charge in [0.2, 0.25) is 0 Å². The molecule has 0 spiro atoms. The molecule has 1 aromatic rings. The first kappa shape index (κ1) is 20.7. The summed E-state index contributed by atoms with van der Waals surface area (Å²) in [6, 6.07) is 3.77. The monoisotopic (exact) mass is 364 g/mol. The van der Waals surface area contributed by atoms with Crippen LogP contribution in [0.15, 0.2) is 12.1 Å². The van der Waals surface area contributed by atoms with Crippen LogP contribution in [-0.2, 0) is 0 Å². The molecule has 1 aliphatic heterocycles. The van der Waals surface area contributed by atoms with E-state index in [1.165, 1.54) is 19.3 Å². The van der Waals surface area contributed by atoms with E-state index in [2.05, 4.69) is 10.6 Å². The van der Waals surface area contributed by atoms with E-state index in [4.69, 9.17) is 9.84 Å². The van der Waals surface area contributed by atoms with E-state index in [-0.39, 0.29) is 19.1 Å². The van der Waals surface area contributed by atoms with Gasteiger partial charge in [-0.05, 0) is 81.8 Å². The molecular formula is C20H32N2O4. The van der Waals surface area contributed by atoms with Crippen LogP contribution in [-0.4, -0.2) is 55.1 Å². The predicted octanol–water partition coefficient (Wildman–Crippen LogP) is 1.55. The number of aliphatic hydroxyl groups is 2. The normalized spacial score (nSPS) is 16.3. The summed E-state index contributed by atoms with van der Waals surface area (Å²) >= 11 is 0. The summed E-state index contributed by atoms with van der Waals surface area (Å²) in [5, 5.41) is 24.2. The summed E-state index contributed by atoms with van der Waals surface area (Å²) in [5.74, 6) is 1.35. The van der Waals surface area contributed by atoms with E-state index in [1.54, 1.807) is 0 Å². The zero-order valence-corrected chi connectivity index (χ0v) is 15.9. The minimum absolute atomic E-state index is 0.0309. The van der Waals surface area contributed by atoms with Crippen LogP contribution in [0.1, 0.15) is 47.2 Å². The van der Waals surface area contributed by atoms with Crippen molar-refractivity contribution in [3.05, 3.63) is 28.8 Å². The highest BCUT2D eigenvalue weighted by Gasteiger charge is 2.15. The van der Waals surface area contributed by atoms with Gasteiger partial charge in [-0.25, -0.2) is 0 Å². The Hall–Kier alpha value is -1.63. The van der Waals surface area contributed by atoms with Gasteiger partial charge in [-0.1, -0.05) is 0 Å². The highest BCUT2D eigenvalue weighted by Crippen LogP contribution is 2.23. The first-order chi connectivity index (χ1) is 12.5. The maximum Gasteiger partial charge on any atom is 0.251 e. The van der Waals surface area contributed by atoms with Crippen LogP contribution in [0, 0.1) is 19.8 Å². The fraction of sp³-hybridized carbons (Fsp3) is 0.650. The van der Waals surface area contributed by atoms with Gasteiger partial charge < -0.3 is 25.6 Å². The number of carbonyl (C=O) groups excluding carboxylic acids is 1. The maximum atomic E-state index is 12.3. The van der Waals surface area contributed by atoms with Crippen LogP contribution < -0.4 is 15.4 Å². The van der Waals surface area contributed by atoms with Crippen molar-refractivity contribution in [3.8, 4) is 5.75 Å². The molecule has 4 N–H and O–H groups in total. The average molecular weight is 364 g/mol. The molecule has 6 nitrogen and oxygen atoms in total. The predicted molar refractivity (Wildman–Crippen MR) is 102 cm³/mol. The van der Waals surface area contributed by atoms with Crippen molar-refractivity contribution < 1.29 is 19.7 Å². The largest absolute Gasteiger partial charge is 0.494 e. The van der Waals surface area contributed by atoms with Gasteiger partial charge in [-0.2, -0.15) is 0 Å². The molecular weight excluding hydrogens is 332 g/mol. The van der Waals surface area contributed by atoms with Crippen molar-refractivity contribution in [2.75, 3.05) is 32.8 Å². The van der Waals surface area contributed by atoms with Crippen LogP contribution in [0.4, 0.5) is 0 Å². The minimum Gasteiger partial charge on any atom is -0.494 e. The number of ether oxygens (including phenoxy) is 1. The second-order valence-corrected chi connectivity index (χ2v) is 7.16.